The van der Waals surface area contributed by atoms with Gasteiger partial charge < -0.3 is 14.6 Å². The summed E-state index contributed by atoms with van der Waals surface area (Å²) in [7, 11) is 0. The third-order valence-corrected chi connectivity index (χ3v) is 8.15. The lowest BCUT2D eigenvalue weighted by Crippen LogP contribution is -2.62. The molecule has 0 aromatic heterocycles. The van der Waals surface area contributed by atoms with E-state index in [4.69, 9.17) is 9.47 Å². The first-order chi connectivity index (χ1) is 11.3. The average molecular weight is 335 g/mol. The fourth-order valence-corrected chi connectivity index (χ4v) is 6.90. The van der Waals surface area contributed by atoms with E-state index >= 15 is 0 Å². The van der Waals surface area contributed by atoms with E-state index in [1.54, 1.807) is 5.57 Å². The van der Waals surface area contributed by atoms with Crippen LogP contribution in [-0.4, -0.2) is 30.2 Å². The molecule has 0 aromatic carbocycles. The van der Waals surface area contributed by atoms with Crippen LogP contribution in [0.15, 0.2) is 11.6 Å². The Morgan fingerprint density at radius 2 is 1.96 bits per heavy atom. The van der Waals surface area contributed by atoms with E-state index in [0.29, 0.717) is 12.5 Å². The van der Waals surface area contributed by atoms with Crippen molar-refractivity contribution in [2.75, 3.05) is 13.2 Å². The Labute approximate surface area is 146 Å². The molecule has 3 heteroatoms. The van der Waals surface area contributed by atoms with Crippen LogP contribution in [0.2, 0.25) is 0 Å². The topological polar surface area (TPSA) is 38.7 Å². The maximum absolute atomic E-state index is 10.3. The molecular formula is C21H34O3. The van der Waals surface area contributed by atoms with Gasteiger partial charge in [0.2, 0.25) is 0 Å². The van der Waals surface area contributed by atoms with E-state index in [-0.39, 0.29) is 22.3 Å². The van der Waals surface area contributed by atoms with E-state index in [1.807, 2.05) is 0 Å². The molecule has 1 N–H and O–H groups in total. The number of ether oxygens (including phenoxy) is 2. The summed E-state index contributed by atoms with van der Waals surface area (Å²) in [4.78, 5) is 0. The zero-order chi connectivity index (χ0) is 17.2. The molecule has 3 nitrogen and oxygen atoms in total. The van der Waals surface area contributed by atoms with Crippen molar-refractivity contribution < 1.29 is 14.6 Å². The van der Waals surface area contributed by atoms with Gasteiger partial charge in [0.25, 0.3) is 0 Å². The standard InChI is InChI=1S/C21H34O3/c1-15-13-23-21(24-15)12-11-19(4)16(18(21,2)3)8-10-20(14-22)9-6-5-7-17(19)20/h7,15-16,22H,5-6,8-14H2,1-4H3/t15-,16-,19-,20+,21?/m1/s1. The SMILES string of the molecule is C[C@@H]1COC2(CC[C@@]3(C)C4=CCCC[C@@]4(CO)CC[C@@H]3C2(C)C)O1. The highest BCUT2D eigenvalue weighted by atomic mass is 16.7. The summed E-state index contributed by atoms with van der Waals surface area (Å²) < 4.78 is 12.7. The first kappa shape index (κ1) is 17.1. The van der Waals surface area contributed by atoms with Crippen molar-refractivity contribution >= 4 is 0 Å². The molecular weight excluding hydrogens is 300 g/mol. The predicted molar refractivity (Wildman–Crippen MR) is 94.5 cm³/mol. The normalized spacial score (nSPS) is 50.3. The van der Waals surface area contributed by atoms with Gasteiger partial charge in [0, 0.05) is 17.3 Å². The molecule has 0 aromatic rings. The van der Waals surface area contributed by atoms with Crippen LogP contribution in [0.1, 0.15) is 72.6 Å². The number of allylic oxidation sites excluding steroid dienone is 1. The molecule has 5 atom stereocenters. The quantitative estimate of drug-likeness (QED) is 0.720. The fraction of sp³-hybridized carbons (Fsp3) is 0.905. The van der Waals surface area contributed by atoms with E-state index in [1.165, 1.54) is 19.3 Å². The van der Waals surface area contributed by atoms with Crippen LogP contribution >= 0.6 is 0 Å². The highest BCUT2D eigenvalue weighted by Gasteiger charge is 2.66. The summed E-state index contributed by atoms with van der Waals surface area (Å²) >= 11 is 0. The first-order valence-corrected chi connectivity index (χ1v) is 9.93. The smallest absolute Gasteiger partial charge is 0.174 e. The molecule has 2 saturated carbocycles. The van der Waals surface area contributed by atoms with Gasteiger partial charge in [-0.05, 0) is 56.8 Å². The third-order valence-electron chi connectivity index (χ3n) is 8.15. The third kappa shape index (κ3) is 2.01. The minimum absolute atomic E-state index is 0.00926. The van der Waals surface area contributed by atoms with Gasteiger partial charge in [-0.3, -0.25) is 0 Å². The van der Waals surface area contributed by atoms with E-state index in [9.17, 15) is 5.11 Å². The number of aliphatic hydroxyl groups excluding tert-OH is 1. The Hall–Kier alpha value is -0.380. The van der Waals surface area contributed by atoms with Crippen LogP contribution in [0.25, 0.3) is 0 Å². The molecule has 3 aliphatic carbocycles. The van der Waals surface area contributed by atoms with Gasteiger partial charge >= 0.3 is 0 Å². The Balaban J connectivity index is 1.75. The summed E-state index contributed by atoms with van der Waals surface area (Å²) in [6, 6.07) is 0. The molecule has 24 heavy (non-hydrogen) atoms. The molecule has 1 heterocycles. The van der Waals surface area contributed by atoms with Crippen molar-refractivity contribution in [1.82, 2.24) is 0 Å². The van der Waals surface area contributed by atoms with Gasteiger partial charge in [-0.2, -0.15) is 0 Å². The predicted octanol–water partition coefficient (Wildman–Crippen LogP) is 4.44. The number of hydrogen-bond donors (Lipinski definition) is 1. The number of rotatable bonds is 1. The van der Waals surface area contributed by atoms with Gasteiger partial charge in [0.1, 0.15) is 0 Å². The number of hydrogen-bond acceptors (Lipinski definition) is 3. The maximum atomic E-state index is 10.3. The highest BCUT2D eigenvalue weighted by molar-refractivity contribution is 5.32. The molecule has 1 unspecified atom stereocenters. The molecule has 1 aliphatic heterocycles. The zero-order valence-corrected chi connectivity index (χ0v) is 15.9. The Morgan fingerprint density at radius 1 is 1.17 bits per heavy atom. The number of aliphatic hydroxyl groups is 1. The van der Waals surface area contributed by atoms with Crippen molar-refractivity contribution in [2.24, 2.45) is 22.2 Å². The maximum Gasteiger partial charge on any atom is 0.174 e. The van der Waals surface area contributed by atoms with Crippen molar-refractivity contribution in [3.63, 3.8) is 0 Å². The average Bonchev–Trinajstić information content (AvgIpc) is 2.95. The Morgan fingerprint density at radius 3 is 2.62 bits per heavy atom. The van der Waals surface area contributed by atoms with Crippen LogP contribution in [0.4, 0.5) is 0 Å². The Bertz CT molecular complexity index is 553. The van der Waals surface area contributed by atoms with Crippen LogP contribution in [-0.2, 0) is 9.47 Å². The molecule has 4 aliphatic rings. The summed E-state index contributed by atoms with van der Waals surface area (Å²) in [5, 5.41) is 10.3. The minimum atomic E-state index is -0.412. The van der Waals surface area contributed by atoms with Crippen LogP contribution in [0.5, 0.6) is 0 Å². The molecule has 0 amide bonds. The van der Waals surface area contributed by atoms with Crippen LogP contribution < -0.4 is 0 Å². The van der Waals surface area contributed by atoms with Crippen molar-refractivity contribution in [3.8, 4) is 0 Å². The van der Waals surface area contributed by atoms with Crippen LogP contribution in [0, 0.1) is 22.2 Å². The van der Waals surface area contributed by atoms with Gasteiger partial charge in [-0.15, -0.1) is 0 Å². The largest absolute Gasteiger partial charge is 0.395 e. The fourth-order valence-electron chi connectivity index (χ4n) is 6.90. The molecule has 4 rings (SSSR count). The van der Waals surface area contributed by atoms with Gasteiger partial charge in [0.15, 0.2) is 5.79 Å². The second-order valence-corrected chi connectivity index (χ2v) is 9.67. The molecule has 0 bridgehead atoms. The van der Waals surface area contributed by atoms with Crippen molar-refractivity contribution in [3.05, 3.63) is 11.6 Å². The second-order valence-electron chi connectivity index (χ2n) is 9.67. The molecule has 136 valence electrons. The summed E-state index contributed by atoms with van der Waals surface area (Å²) in [6.45, 7) is 10.4. The van der Waals surface area contributed by atoms with Crippen LogP contribution in [0.3, 0.4) is 0 Å². The summed E-state index contributed by atoms with van der Waals surface area (Å²) in [5.74, 6) is 0.137. The van der Waals surface area contributed by atoms with Gasteiger partial charge in [-0.25, -0.2) is 0 Å². The van der Waals surface area contributed by atoms with Gasteiger partial charge in [-0.1, -0.05) is 32.4 Å². The van der Waals surface area contributed by atoms with E-state index in [0.717, 1.165) is 32.3 Å². The van der Waals surface area contributed by atoms with E-state index in [2.05, 4.69) is 33.8 Å². The molecule has 1 saturated heterocycles. The second kappa shape index (κ2) is 5.31. The lowest BCUT2D eigenvalue weighted by molar-refractivity contribution is -0.291. The monoisotopic (exact) mass is 334 g/mol. The van der Waals surface area contributed by atoms with Crippen molar-refractivity contribution in [2.45, 2.75) is 84.5 Å². The Kier molecular flexibility index (Phi) is 3.77. The lowest BCUT2D eigenvalue weighted by atomic mass is 9.43. The number of fused-ring (bicyclic) bond motifs is 3. The first-order valence-electron chi connectivity index (χ1n) is 9.93. The molecule has 1 spiro atoms. The van der Waals surface area contributed by atoms with Gasteiger partial charge in [0.05, 0.1) is 19.3 Å². The van der Waals surface area contributed by atoms with Crippen molar-refractivity contribution in [1.29, 1.82) is 0 Å². The minimum Gasteiger partial charge on any atom is -0.395 e. The summed E-state index contributed by atoms with van der Waals surface area (Å²) in [5.41, 5.74) is 1.78. The zero-order valence-electron chi connectivity index (χ0n) is 15.9. The molecule has 0 radical (unpaired) electrons. The highest BCUT2D eigenvalue weighted by Crippen LogP contribution is 2.69. The summed E-state index contributed by atoms with van der Waals surface area (Å²) in [6.07, 6.45) is 10.6. The molecule has 3 fully saturated rings. The lowest BCUT2D eigenvalue weighted by Gasteiger charge is -2.64. The van der Waals surface area contributed by atoms with E-state index < -0.39 is 5.79 Å².